The van der Waals surface area contributed by atoms with Crippen LogP contribution in [0.15, 0.2) is 36.4 Å². The van der Waals surface area contributed by atoms with Crippen molar-refractivity contribution in [3.63, 3.8) is 0 Å². The zero-order valence-corrected chi connectivity index (χ0v) is 12.7. The molecule has 0 atom stereocenters. The van der Waals surface area contributed by atoms with Crippen LogP contribution in [0.2, 0.25) is 15.1 Å². The molecule has 0 aromatic heterocycles. The molecule has 0 radical (unpaired) electrons. The summed E-state index contributed by atoms with van der Waals surface area (Å²) in [5.41, 5.74) is 5.39. The molecule has 0 amide bonds. The van der Waals surface area contributed by atoms with Gasteiger partial charge in [-0.25, -0.2) is 0 Å². The lowest BCUT2D eigenvalue weighted by Gasteiger charge is -2.10. The lowest BCUT2D eigenvalue weighted by atomic mass is 10.3. The minimum absolute atomic E-state index is 0.385. The van der Waals surface area contributed by atoms with Crippen molar-refractivity contribution >= 4 is 34.8 Å². The summed E-state index contributed by atoms with van der Waals surface area (Å²) >= 11 is 17.8. The summed E-state index contributed by atoms with van der Waals surface area (Å²) in [7, 11) is 0. The lowest BCUT2D eigenvalue weighted by Crippen LogP contribution is -2.10. The van der Waals surface area contributed by atoms with Crippen molar-refractivity contribution in [2.75, 3.05) is 13.2 Å². The van der Waals surface area contributed by atoms with Crippen LogP contribution in [0, 0.1) is 0 Å². The molecule has 2 N–H and O–H groups in total. The van der Waals surface area contributed by atoms with Crippen molar-refractivity contribution in [1.82, 2.24) is 0 Å². The van der Waals surface area contributed by atoms with Crippen LogP contribution >= 0.6 is 34.8 Å². The number of benzene rings is 2. The Hall–Kier alpha value is -1.13. The molecule has 3 nitrogen and oxygen atoms in total. The van der Waals surface area contributed by atoms with Crippen LogP contribution in [0.1, 0.15) is 0 Å². The second-order valence-corrected chi connectivity index (χ2v) is 5.13. The molecule has 0 bridgehead atoms. The number of rotatable bonds is 5. The highest BCUT2D eigenvalue weighted by Crippen LogP contribution is 2.33. The Morgan fingerprint density at radius 3 is 2.15 bits per heavy atom. The first-order valence-corrected chi connectivity index (χ1v) is 6.99. The van der Waals surface area contributed by atoms with Crippen molar-refractivity contribution in [2.24, 2.45) is 5.73 Å². The molecule has 2 aromatic rings. The van der Waals surface area contributed by atoms with Gasteiger partial charge in [0.05, 0.1) is 15.1 Å². The topological polar surface area (TPSA) is 44.5 Å². The van der Waals surface area contributed by atoms with Gasteiger partial charge in [0.2, 0.25) is 0 Å². The van der Waals surface area contributed by atoms with Gasteiger partial charge in [0, 0.05) is 18.7 Å². The number of nitrogens with two attached hydrogens (primary N) is 1. The first-order chi connectivity index (χ1) is 9.60. The van der Waals surface area contributed by atoms with Crippen LogP contribution in [-0.4, -0.2) is 13.2 Å². The molecule has 0 saturated heterocycles. The van der Waals surface area contributed by atoms with Crippen LogP contribution < -0.4 is 15.2 Å². The van der Waals surface area contributed by atoms with Crippen molar-refractivity contribution in [1.29, 1.82) is 0 Å². The summed E-state index contributed by atoms with van der Waals surface area (Å²) in [5.74, 6) is 1.68. The molecule has 0 fully saturated rings. The quantitative estimate of drug-likeness (QED) is 0.857. The summed E-state index contributed by atoms with van der Waals surface area (Å²) in [4.78, 5) is 0. The summed E-state index contributed by atoms with van der Waals surface area (Å²) in [6, 6.07) is 10.2. The fraction of sp³-hybridized carbons (Fsp3) is 0.143. The van der Waals surface area contributed by atoms with Gasteiger partial charge in [-0.1, -0.05) is 34.8 Å². The first-order valence-electron chi connectivity index (χ1n) is 5.85. The first kappa shape index (κ1) is 15.3. The largest absolute Gasteiger partial charge is 0.491 e. The van der Waals surface area contributed by atoms with E-state index in [9.17, 15) is 0 Å². The standard InChI is InChI=1S/C14H12Cl3NO2/c15-11-3-1-9(7-13(11)17)20-10-2-4-12(16)14(8-10)19-6-5-18/h1-4,7-8H,5-6,18H2. The zero-order chi connectivity index (χ0) is 14.5. The van der Waals surface area contributed by atoms with Gasteiger partial charge in [0.1, 0.15) is 23.9 Å². The Balaban J connectivity index is 2.18. The third kappa shape index (κ3) is 3.93. The van der Waals surface area contributed by atoms with Crippen molar-refractivity contribution in [3.05, 3.63) is 51.5 Å². The predicted octanol–water partition coefficient (Wildman–Crippen LogP) is 4.78. The van der Waals surface area contributed by atoms with Crippen LogP contribution in [-0.2, 0) is 0 Å². The maximum Gasteiger partial charge on any atom is 0.141 e. The molecule has 6 heteroatoms. The minimum atomic E-state index is 0.385. The Labute approximate surface area is 132 Å². The Bertz CT molecular complexity index is 605. The van der Waals surface area contributed by atoms with Gasteiger partial charge in [-0.05, 0) is 24.3 Å². The fourth-order valence-electron chi connectivity index (χ4n) is 1.50. The highest BCUT2D eigenvalue weighted by molar-refractivity contribution is 6.42. The van der Waals surface area contributed by atoms with Crippen LogP contribution in [0.4, 0.5) is 0 Å². The molecule has 0 heterocycles. The molecule has 20 heavy (non-hydrogen) atoms. The van der Waals surface area contributed by atoms with E-state index < -0.39 is 0 Å². The van der Waals surface area contributed by atoms with E-state index >= 15 is 0 Å². The molecule has 0 aliphatic rings. The number of hydrogen-bond acceptors (Lipinski definition) is 3. The van der Waals surface area contributed by atoms with Crippen LogP contribution in [0.25, 0.3) is 0 Å². The van der Waals surface area contributed by atoms with Gasteiger partial charge in [-0.15, -0.1) is 0 Å². The van der Waals surface area contributed by atoms with E-state index in [1.165, 1.54) is 0 Å². The molecule has 2 rings (SSSR count). The molecule has 106 valence electrons. The van der Waals surface area contributed by atoms with Gasteiger partial charge < -0.3 is 15.2 Å². The Kier molecular flexibility index (Phi) is 5.38. The summed E-state index contributed by atoms with van der Waals surface area (Å²) in [5, 5.41) is 1.40. The average molecular weight is 333 g/mol. The van der Waals surface area contributed by atoms with E-state index in [-0.39, 0.29) is 0 Å². The molecule has 0 unspecified atom stereocenters. The monoisotopic (exact) mass is 331 g/mol. The predicted molar refractivity (Wildman–Crippen MR) is 82.5 cm³/mol. The van der Waals surface area contributed by atoms with Gasteiger partial charge >= 0.3 is 0 Å². The average Bonchev–Trinajstić information content (AvgIpc) is 2.43. The Morgan fingerprint density at radius 2 is 1.50 bits per heavy atom. The van der Waals surface area contributed by atoms with Gasteiger partial charge in [0.15, 0.2) is 0 Å². The molecule has 0 aliphatic heterocycles. The van der Waals surface area contributed by atoms with Crippen molar-refractivity contribution in [2.45, 2.75) is 0 Å². The van der Waals surface area contributed by atoms with Gasteiger partial charge in [-0.2, -0.15) is 0 Å². The molecule has 0 aliphatic carbocycles. The summed E-state index contributed by atoms with van der Waals surface area (Å²) in [6.07, 6.45) is 0. The van der Waals surface area contributed by atoms with E-state index in [1.54, 1.807) is 36.4 Å². The SMILES string of the molecule is NCCOc1cc(Oc2ccc(Cl)c(Cl)c2)ccc1Cl. The summed E-state index contributed by atoms with van der Waals surface area (Å²) < 4.78 is 11.1. The maximum atomic E-state index is 6.02. The molecular formula is C14H12Cl3NO2. The second-order valence-electron chi connectivity index (χ2n) is 3.91. The molecule has 2 aromatic carbocycles. The van der Waals surface area contributed by atoms with Gasteiger partial charge in [-0.3, -0.25) is 0 Å². The number of hydrogen-bond donors (Lipinski definition) is 1. The summed E-state index contributed by atoms with van der Waals surface area (Å²) in [6.45, 7) is 0.796. The van der Waals surface area contributed by atoms with Crippen molar-refractivity contribution < 1.29 is 9.47 Å². The minimum Gasteiger partial charge on any atom is -0.491 e. The lowest BCUT2D eigenvalue weighted by molar-refractivity contribution is 0.326. The smallest absolute Gasteiger partial charge is 0.141 e. The van der Waals surface area contributed by atoms with Crippen LogP contribution in [0.3, 0.4) is 0 Å². The normalized spacial score (nSPS) is 10.4. The van der Waals surface area contributed by atoms with E-state index in [2.05, 4.69) is 0 Å². The van der Waals surface area contributed by atoms with E-state index in [1.807, 2.05) is 0 Å². The molecule has 0 spiro atoms. The zero-order valence-electron chi connectivity index (χ0n) is 10.4. The third-order valence-corrected chi connectivity index (χ3v) is 3.46. The van der Waals surface area contributed by atoms with E-state index in [0.29, 0.717) is 45.5 Å². The highest BCUT2D eigenvalue weighted by atomic mass is 35.5. The second kappa shape index (κ2) is 7.04. The third-order valence-electron chi connectivity index (χ3n) is 2.40. The van der Waals surface area contributed by atoms with Crippen molar-refractivity contribution in [3.8, 4) is 17.2 Å². The van der Waals surface area contributed by atoms with Gasteiger partial charge in [0.25, 0.3) is 0 Å². The highest BCUT2D eigenvalue weighted by Gasteiger charge is 2.06. The van der Waals surface area contributed by atoms with E-state index in [0.717, 1.165) is 0 Å². The fourth-order valence-corrected chi connectivity index (χ4v) is 1.96. The number of ether oxygens (including phenoxy) is 2. The molecule has 0 saturated carbocycles. The number of halogens is 3. The maximum absolute atomic E-state index is 6.02. The van der Waals surface area contributed by atoms with E-state index in [4.69, 9.17) is 50.0 Å². The Morgan fingerprint density at radius 1 is 0.850 bits per heavy atom. The van der Waals surface area contributed by atoms with Crippen LogP contribution in [0.5, 0.6) is 17.2 Å². The molecular weight excluding hydrogens is 321 g/mol.